The van der Waals surface area contributed by atoms with E-state index in [4.69, 9.17) is 0 Å². The van der Waals surface area contributed by atoms with Crippen molar-refractivity contribution in [3.63, 3.8) is 0 Å². The van der Waals surface area contributed by atoms with Crippen LogP contribution in [0.4, 0.5) is 0 Å². The quantitative estimate of drug-likeness (QED) is 0.753. The van der Waals surface area contributed by atoms with Gasteiger partial charge in [0, 0.05) is 18.1 Å². The second-order valence-electron chi connectivity index (χ2n) is 3.36. The van der Waals surface area contributed by atoms with Gasteiger partial charge in [-0.25, -0.2) is 9.36 Å². The van der Waals surface area contributed by atoms with Crippen LogP contribution in [0.15, 0.2) is 6.20 Å². The zero-order valence-electron chi connectivity index (χ0n) is 8.91. The molecule has 0 unspecified atom stereocenters. The van der Waals surface area contributed by atoms with E-state index in [-0.39, 0.29) is 0 Å². The second kappa shape index (κ2) is 5.15. The molecule has 0 aromatic carbocycles. The van der Waals surface area contributed by atoms with E-state index in [1.807, 2.05) is 6.20 Å². The third-order valence-corrected chi connectivity index (χ3v) is 2.64. The summed E-state index contributed by atoms with van der Waals surface area (Å²) < 4.78 is 3.52. The lowest BCUT2D eigenvalue weighted by Gasteiger charge is -2.01. The molecule has 0 aliphatic heterocycles. The minimum absolute atomic E-state index is 0.549. The largest absolute Gasteiger partial charge is 0.245 e. The molecule has 0 spiro atoms. The molecule has 0 saturated heterocycles. The summed E-state index contributed by atoms with van der Waals surface area (Å²) >= 11 is 3.33. The molecule has 0 bridgehead atoms. The third-order valence-electron chi connectivity index (χ3n) is 2.07. The number of nitrogens with zero attached hydrogens (tertiary/aromatic N) is 7. The van der Waals surface area contributed by atoms with Crippen LogP contribution in [0.3, 0.4) is 0 Å². The normalized spacial score (nSPS) is 10.9. The Labute approximate surface area is 101 Å². The molecule has 2 aromatic heterocycles. The van der Waals surface area contributed by atoms with Crippen molar-refractivity contribution >= 4 is 15.9 Å². The topological polar surface area (TPSA) is 74.3 Å². The fraction of sp³-hybridized carbons (Fsp3) is 0.625. The van der Waals surface area contributed by atoms with Crippen molar-refractivity contribution in [1.29, 1.82) is 0 Å². The Morgan fingerprint density at radius 1 is 1.31 bits per heavy atom. The summed E-state index contributed by atoms with van der Waals surface area (Å²) in [6.07, 6.45) is 2.88. The van der Waals surface area contributed by atoms with Gasteiger partial charge >= 0.3 is 0 Å². The summed E-state index contributed by atoms with van der Waals surface area (Å²) in [4.78, 5) is 0. The van der Waals surface area contributed by atoms with Gasteiger partial charge in [0.25, 0.3) is 0 Å². The first-order valence-electron chi connectivity index (χ1n) is 5.03. The SMILES string of the molecule is CCCn1nnnc1Cn1cc(CBr)nn1. The van der Waals surface area contributed by atoms with Crippen LogP contribution in [-0.2, 0) is 18.4 Å². The Hall–Kier alpha value is -1.31. The molecule has 0 N–H and O–H groups in total. The van der Waals surface area contributed by atoms with Crippen molar-refractivity contribution in [2.24, 2.45) is 0 Å². The van der Waals surface area contributed by atoms with Crippen LogP contribution in [0.2, 0.25) is 0 Å². The van der Waals surface area contributed by atoms with Gasteiger partial charge in [-0.15, -0.1) is 10.2 Å². The Balaban J connectivity index is 2.10. The highest BCUT2D eigenvalue weighted by Crippen LogP contribution is 2.02. The molecule has 7 nitrogen and oxygen atoms in total. The van der Waals surface area contributed by atoms with E-state index in [1.54, 1.807) is 9.36 Å². The van der Waals surface area contributed by atoms with Crippen LogP contribution in [0.25, 0.3) is 0 Å². The second-order valence-corrected chi connectivity index (χ2v) is 3.92. The van der Waals surface area contributed by atoms with Crippen molar-refractivity contribution in [2.75, 3.05) is 0 Å². The highest BCUT2D eigenvalue weighted by Gasteiger charge is 2.07. The molecule has 0 atom stereocenters. The monoisotopic (exact) mass is 285 g/mol. The smallest absolute Gasteiger partial charge is 0.172 e. The van der Waals surface area contributed by atoms with Crippen LogP contribution < -0.4 is 0 Å². The van der Waals surface area contributed by atoms with Gasteiger partial charge in [-0.05, 0) is 16.8 Å². The lowest BCUT2D eigenvalue weighted by atomic mass is 10.4. The average Bonchev–Trinajstić information content (AvgIpc) is 2.90. The number of halogens is 1. The molecule has 8 heteroatoms. The lowest BCUT2D eigenvalue weighted by molar-refractivity contribution is 0.526. The first kappa shape index (κ1) is 11.2. The molecule has 0 aliphatic rings. The zero-order valence-corrected chi connectivity index (χ0v) is 10.5. The fourth-order valence-corrected chi connectivity index (χ4v) is 1.60. The van der Waals surface area contributed by atoms with Crippen LogP contribution >= 0.6 is 15.9 Å². The van der Waals surface area contributed by atoms with Gasteiger partial charge in [0.1, 0.15) is 6.54 Å². The van der Waals surface area contributed by atoms with Gasteiger partial charge in [0.2, 0.25) is 0 Å². The number of tetrazole rings is 1. The molecular formula is C8H12BrN7. The number of aromatic nitrogens is 7. The first-order chi connectivity index (χ1) is 7.83. The predicted molar refractivity (Wildman–Crippen MR) is 59.9 cm³/mol. The molecule has 0 radical (unpaired) electrons. The third kappa shape index (κ3) is 2.43. The summed E-state index contributed by atoms with van der Waals surface area (Å²) in [5, 5.41) is 20.2. The molecule has 2 heterocycles. The standard InChI is InChI=1S/C8H12BrN7/c1-2-3-16-8(11-12-14-16)6-15-5-7(4-9)10-13-15/h5H,2-4,6H2,1H3. The Kier molecular flexibility index (Phi) is 3.60. The molecule has 86 valence electrons. The maximum absolute atomic E-state index is 3.99. The summed E-state index contributed by atoms with van der Waals surface area (Å²) in [6, 6.07) is 0. The molecule has 0 amide bonds. The molecule has 0 aliphatic carbocycles. The fourth-order valence-electron chi connectivity index (χ4n) is 1.34. The summed E-state index contributed by atoms with van der Waals surface area (Å²) in [6.45, 7) is 3.46. The zero-order chi connectivity index (χ0) is 11.4. The highest BCUT2D eigenvalue weighted by atomic mass is 79.9. The minimum Gasteiger partial charge on any atom is -0.245 e. The molecule has 0 saturated carbocycles. The number of aryl methyl sites for hydroxylation is 1. The summed E-state index contributed by atoms with van der Waals surface area (Å²) in [5.74, 6) is 0.799. The summed E-state index contributed by atoms with van der Waals surface area (Å²) in [7, 11) is 0. The number of rotatable bonds is 5. The van der Waals surface area contributed by atoms with E-state index < -0.39 is 0 Å². The van der Waals surface area contributed by atoms with Crippen LogP contribution in [0.1, 0.15) is 24.9 Å². The molecule has 2 rings (SSSR count). The molecule has 16 heavy (non-hydrogen) atoms. The van der Waals surface area contributed by atoms with Crippen molar-refractivity contribution in [3.8, 4) is 0 Å². The van der Waals surface area contributed by atoms with Crippen molar-refractivity contribution in [3.05, 3.63) is 17.7 Å². The van der Waals surface area contributed by atoms with Gasteiger partial charge in [-0.2, -0.15) is 0 Å². The molecule has 2 aromatic rings. The van der Waals surface area contributed by atoms with Crippen LogP contribution in [0, 0.1) is 0 Å². The van der Waals surface area contributed by atoms with E-state index in [2.05, 4.69) is 48.7 Å². The number of hydrogen-bond acceptors (Lipinski definition) is 5. The Bertz CT molecular complexity index is 449. The predicted octanol–water partition coefficient (Wildman–Crippen LogP) is 0.618. The number of hydrogen-bond donors (Lipinski definition) is 0. The van der Waals surface area contributed by atoms with E-state index >= 15 is 0 Å². The van der Waals surface area contributed by atoms with Crippen LogP contribution in [-0.4, -0.2) is 35.2 Å². The maximum Gasteiger partial charge on any atom is 0.172 e. The lowest BCUT2D eigenvalue weighted by Crippen LogP contribution is -2.10. The van der Waals surface area contributed by atoms with E-state index in [0.717, 1.165) is 24.5 Å². The highest BCUT2D eigenvalue weighted by molar-refractivity contribution is 9.08. The van der Waals surface area contributed by atoms with Gasteiger partial charge in [-0.3, -0.25) is 0 Å². The van der Waals surface area contributed by atoms with Gasteiger partial charge in [-0.1, -0.05) is 28.1 Å². The van der Waals surface area contributed by atoms with E-state index in [1.165, 1.54) is 0 Å². The van der Waals surface area contributed by atoms with E-state index in [0.29, 0.717) is 11.9 Å². The Morgan fingerprint density at radius 3 is 2.88 bits per heavy atom. The Morgan fingerprint density at radius 2 is 2.19 bits per heavy atom. The summed E-state index contributed by atoms with van der Waals surface area (Å²) in [5.41, 5.74) is 0.898. The van der Waals surface area contributed by atoms with Gasteiger partial charge < -0.3 is 0 Å². The van der Waals surface area contributed by atoms with Crippen molar-refractivity contribution in [1.82, 2.24) is 35.2 Å². The molecule has 0 fully saturated rings. The van der Waals surface area contributed by atoms with Crippen LogP contribution in [0.5, 0.6) is 0 Å². The maximum atomic E-state index is 3.99. The van der Waals surface area contributed by atoms with E-state index in [9.17, 15) is 0 Å². The number of alkyl halides is 1. The van der Waals surface area contributed by atoms with Crippen molar-refractivity contribution < 1.29 is 0 Å². The molecular weight excluding hydrogens is 274 g/mol. The van der Waals surface area contributed by atoms with Gasteiger partial charge in [0.05, 0.1) is 5.69 Å². The average molecular weight is 286 g/mol. The van der Waals surface area contributed by atoms with Crippen molar-refractivity contribution in [2.45, 2.75) is 31.8 Å². The van der Waals surface area contributed by atoms with Gasteiger partial charge in [0.15, 0.2) is 5.82 Å². The first-order valence-corrected chi connectivity index (χ1v) is 6.15. The minimum atomic E-state index is 0.549.